The average molecular weight is 741 g/mol. The summed E-state index contributed by atoms with van der Waals surface area (Å²) in [4.78, 5) is 61.8. The third kappa shape index (κ3) is 8.77. The van der Waals surface area contributed by atoms with Crippen molar-refractivity contribution in [3.8, 4) is 33.6 Å². The van der Waals surface area contributed by atoms with Crippen molar-refractivity contribution in [1.82, 2.24) is 40.5 Å². The number of hydroxylamine groups is 2. The smallest absolute Gasteiger partial charge is 0.407 e. The Balaban J connectivity index is 1.07. The number of benzene rings is 2. The lowest BCUT2D eigenvalue weighted by molar-refractivity contribution is -0.178. The molecule has 0 radical (unpaired) electrons. The number of hydrogen-bond acceptors (Lipinski definition) is 9. The first-order chi connectivity index (χ1) is 26.1. The highest BCUT2D eigenvalue weighted by Crippen LogP contribution is 2.35. The second kappa shape index (κ2) is 17.3. The minimum absolute atomic E-state index is 0.000215. The highest BCUT2D eigenvalue weighted by molar-refractivity contribution is 5.86. The van der Waals surface area contributed by atoms with Gasteiger partial charge in [-0.25, -0.2) is 19.6 Å². The van der Waals surface area contributed by atoms with E-state index in [1.54, 1.807) is 0 Å². The van der Waals surface area contributed by atoms with E-state index in [0.717, 1.165) is 77.5 Å². The van der Waals surface area contributed by atoms with Gasteiger partial charge in [0.1, 0.15) is 17.7 Å². The van der Waals surface area contributed by atoms with Crippen LogP contribution < -0.4 is 10.6 Å². The summed E-state index contributed by atoms with van der Waals surface area (Å²) < 4.78 is 9.53. The summed E-state index contributed by atoms with van der Waals surface area (Å²) in [6.07, 6.45) is 6.30. The zero-order valence-electron chi connectivity index (χ0n) is 31.9. The molecule has 0 spiro atoms. The highest BCUT2D eigenvalue weighted by atomic mass is 16.7. The quantitative estimate of drug-likeness (QED) is 0.118. The number of hydrogen-bond donors (Lipinski definition) is 4. The summed E-state index contributed by atoms with van der Waals surface area (Å²) in [7, 11) is 2.65. The fourth-order valence-electron chi connectivity index (χ4n) is 7.13. The molecule has 4 heterocycles. The van der Waals surface area contributed by atoms with Crippen LogP contribution in [0.3, 0.4) is 0 Å². The molecule has 54 heavy (non-hydrogen) atoms. The predicted octanol–water partition coefficient (Wildman–Crippen LogP) is 6.63. The molecule has 2 aromatic heterocycles. The lowest BCUT2D eigenvalue weighted by Crippen LogP contribution is -2.51. The Hall–Kier alpha value is -5.21. The van der Waals surface area contributed by atoms with Gasteiger partial charge >= 0.3 is 12.2 Å². The Morgan fingerprint density at radius 2 is 1.22 bits per heavy atom. The number of nitrogens with one attached hydrogen (secondary N) is 4. The molecule has 2 saturated heterocycles. The number of aromatic nitrogens is 4. The van der Waals surface area contributed by atoms with E-state index in [1.165, 1.54) is 14.2 Å². The van der Waals surface area contributed by atoms with Gasteiger partial charge in [-0.1, -0.05) is 76.2 Å². The normalized spacial score (nSPS) is 18.6. The van der Waals surface area contributed by atoms with Gasteiger partial charge in [0.05, 0.1) is 50.3 Å². The number of ether oxygens (including phenoxy) is 2. The van der Waals surface area contributed by atoms with Crippen LogP contribution in [0.5, 0.6) is 0 Å². The van der Waals surface area contributed by atoms with Crippen molar-refractivity contribution in [3.63, 3.8) is 0 Å². The number of methoxy groups -OCH3 is 2. The Labute approximate surface area is 316 Å². The van der Waals surface area contributed by atoms with Crippen molar-refractivity contribution < 1.29 is 28.7 Å². The summed E-state index contributed by atoms with van der Waals surface area (Å²) in [6.45, 7) is 9.63. The minimum Gasteiger partial charge on any atom is -0.453 e. The molecule has 14 nitrogen and oxygen atoms in total. The van der Waals surface area contributed by atoms with Crippen LogP contribution in [-0.2, 0) is 19.1 Å². The summed E-state index contributed by atoms with van der Waals surface area (Å²) in [6, 6.07) is 15.6. The molecule has 2 aliphatic rings. The lowest BCUT2D eigenvalue weighted by Gasteiger charge is -2.29. The predicted molar refractivity (Wildman–Crippen MR) is 204 cm³/mol. The van der Waals surface area contributed by atoms with E-state index in [9.17, 15) is 14.4 Å². The van der Waals surface area contributed by atoms with Crippen molar-refractivity contribution in [3.05, 3.63) is 72.6 Å². The number of imidazole rings is 2. The van der Waals surface area contributed by atoms with Gasteiger partial charge in [-0.2, -0.15) is 5.06 Å². The maximum atomic E-state index is 13.5. The van der Waals surface area contributed by atoms with E-state index in [0.29, 0.717) is 13.2 Å². The van der Waals surface area contributed by atoms with E-state index in [4.69, 9.17) is 24.3 Å². The Morgan fingerprint density at radius 1 is 0.722 bits per heavy atom. The van der Waals surface area contributed by atoms with Gasteiger partial charge in [-0.15, -0.1) is 0 Å². The molecule has 2 aliphatic heterocycles. The van der Waals surface area contributed by atoms with Crippen molar-refractivity contribution >= 4 is 18.1 Å². The summed E-state index contributed by atoms with van der Waals surface area (Å²) in [5, 5.41) is 7.52. The summed E-state index contributed by atoms with van der Waals surface area (Å²) in [5.41, 5.74) is 5.80. The second-order valence-corrected chi connectivity index (χ2v) is 14.6. The maximum Gasteiger partial charge on any atom is 0.407 e. The van der Waals surface area contributed by atoms with Gasteiger partial charge in [0, 0.05) is 36.6 Å². The van der Waals surface area contributed by atoms with E-state index >= 15 is 0 Å². The second-order valence-electron chi connectivity index (χ2n) is 14.6. The van der Waals surface area contributed by atoms with Gasteiger partial charge < -0.3 is 35.0 Å². The number of carbonyl (C=O) groups excluding carboxylic acids is 3. The van der Waals surface area contributed by atoms with Crippen molar-refractivity contribution in [2.24, 2.45) is 11.8 Å². The molecule has 0 saturated carbocycles. The maximum absolute atomic E-state index is 13.5. The zero-order chi connectivity index (χ0) is 38.4. The van der Waals surface area contributed by atoms with Crippen molar-refractivity contribution in [1.29, 1.82) is 0 Å². The molecule has 4 N–H and O–H groups in total. The first-order valence-electron chi connectivity index (χ1n) is 18.8. The number of carbonyl (C=O) groups is 3. The van der Waals surface area contributed by atoms with Crippen LogP contribution in [-0.4, -0.2) is 94.0 Å². The van der Waals surface area contributed by atoms with Gasteiger partial charge in [-0.3, -0.25) is 9.63 Å². The highest BCUT2D eigenvalue weighted by Gasteiger charge is 2.37. The molecule has 4 aromatic rings. The third-order valence-electron chi connectivity index (χ3n) is 10.4. The summed E-state index contributed by atoms with van der Waals surface area (Å²) >= 11 is 0. The van der Waals surface area contributed by atoms with E-state index in [-0.39, 0.29) is 35.9 Å². The van der Waals surface area contributed by atoms with E-state index in [2.05, 4.69) is 69.1 Å². The number of amides is 3. The minimum atomic E-state index is -0.679. The molecule has 2 aromatic carbocycles. The van der Waals surface area contributed by atoms with Gasteiger partial charge in [0.15, 0.2) is 0 Å². The number of aromatic amines is 2. The summed E-state index contributed by atoms with van der Waals surface area (Å²) in [5.74, 6) is 1.54. The molecule has 2 fully saturated rings. The zero-order valence-corrected chi connectivity index (χ0v) is 31.9. The van der Waals surface area contributed by atoms with Crippen LogP contribution in [0.25, 0.3) is 33.6 Å². The van der Waals surface area contributed by atoms with Crippen molar-refractivity contribution in [2.45, 2.75) is 77.5 Å². The fraction of sp³-hybridized carbons (Fsp3) is 0.475. The van der Waals surface area contributed by atoms with Crippen LogP contribution in [0, 0.1) is 11.8 Å². The van der Waals surface area contributed by atoms with Crippen LogP contribution in [0.1, 0.15) is 77.1 Å². The number of nitrogens with zero attached hydrogens (tertiary/aromatic N) is 4. The molecule has 288 valence electrons. The Morgan fingerprint density at radius 3 is 1.76 bits per heavy atom. The Bertz CT molecular complexity index is 1870. The third-order valence-corrected chi connectivity index (χ3v) is 10.4. The Kier molecular flexibility index (Phi) is 12.3. The first-order valence-corrected chi connectivity index (χ1v) is 18.8. The monoisotopic (exact) mass is 740 g/mol. The molecule has 14 heteroatoms. The molecule has 0 aliphatic carbocycles. The molecule has 2 unspecified atom stereocenters. The lowest BCUT2D eigenvalue weighted by atomic mass is 10.0. The first kappa shape index (κ1) is 38.5. The average Bonchev–Trinajstić information content (AvgIpc) is 4.02. The van der Waals surface area contributed by atoms with Crippen LogP contribution in [0.15, 0.2) is 60.9 Å². The molecule has 4 atom stereocenters. The molecule has 6 rings (SSSR count). The molecular weight excluding hydrogens is 688 g/mol. The molecule has 3 amide bonds. The number of likely N-dealkylation sites (tertiary alicyclic amines) is 1. The van der Waals surface area contributed by atoms with Gasteiger partial charge in [0.2, 0.25) is 5.91 Å². The molecule has 0 bridgehead atoms. The number of H-pyrrole nitrogens is 2. The van der Waals surface area contributed by atoms with Crippen LogP contribution in [0.2, 0.25) is 0 Å². The standard InChI is InChI=1S/C40H52N8O6/c1-24(2)32(45-39(50)52-5)23-54-48-20-8-10-34(48)37-42-22-31(44-37)29-17-13-27(14-18-29)26-11-15-28(16-12-26)30-21-41-36(43-30)33-9-7-19-47(33)38(49)35(25(3)4)46-40(51)53-6/h11-18,21-22,24-25,32-35H,7-10,19-20,23H2,1-6H3,(H,41,43)(H,42,44)(H,45,50)(H,46,51)/t32-,33?,34?,35+/m1/s1. The molecular formula is C40H52N8O6. The van der Waals surface area contributed by atoms with Gasteiger partial charge in [-0.05, 0) is 48.6 Å². The number of alkyl carbamates (subject to hydrolysis) is 2. The van der Waals surface area contributed by atoms with E-state index in [1.807, 2.05) is 50.1 Å². The topological polar surface area (TPSA) is 167 Å². The van der Waals surface area contributed by atoms with Crippen LogP contribution in [0.4, 0.5) is 9.59 Å². The van der Waals surface area contributed by atoms with Crippen molar-refractivity contribution in [2.75, 3.05) is 33.9 Å². The number of rotatable bonds is 13. The SMILES string of the molecule is COC(=O)N[C@H](C(=O)N1CCCC1c1nc(-c2ccc(-c3ccc(-c4c[nH]c(C5CCCN5OC[C@@H](NC(=O)OC)C(C)C)n4)cc3)cc2)c[nH]1)C(C)C. The van der Waals surface area contributed by atoms with Crippen LogP contribution >= 0.6 is 0 Å². The van der Waals surface area contributed by atoms with E-state index < -0.39 is 18.2 Å². The van der Waals surface area contributed by atoms with Gasteiger partial charge in [0.25, 0.3) is 0 Å². The largest absolute Gasteiger partial charge is 0.453 e. The fourth-order valence-corrected chi connectivity index (χ4v) is 7.13.